The highest BCUT2D eigenvalue weighted by Gasteiger charge is 2.16. The van der Waals surface area contributed by atoms with Crippen molar-refractivity contribution in [2.45, 2.75) is 12.5 Å². The smallest absolute Gasteiger partial charge is 0.251 e. The fourth-order valence-electron chi connectivity index (χ4n) is 3.84. The number of hydrogen-bond donors (Lipinski definition) is 3. The lowest BCUT2D eigenvalue weighted by Gasteiger charge is -2.16. The number of rotatable bonds is 8. The Morgan fingerprint density at radius 1 is 1.03 bits per heavy atom. The van der Waals surface area contributed by atoms with E-state index in [9.17, 15) is 9.90 Å². The van der Waals surface area contributed by atoms with Crippen LogP contribution in [0.3, 0.4) is 0 Å². The van der Waals surface area contributed by atoms with Gasteiger partial charge in [-0.1, -0.05) is 30.3 Å². The largest absolute Gasteiger partial charge is 0.497 e. The molecule has 0 saturated carbocycles. The topological polar surface area (TPSA) is 83.6 Å². The fourth-order valence-corrected chi connectivity index (χ4v) is 3.84. The number of ether oxygens (including phenoxy) is 2. The summed E-state index contributed by atoms with van der Waals surface area (Å²) in [5, 5.41) is 13.9. The number of aromatic nitrogens is 1. The Labute approximate surface area is 186 Å². The van der Waals surface area contributed by atoms with Crippen molar-refractivity contribution < 1.29 is 19.4 Å². The summed E-state index contributed by atoms with van der Waals surface area (Å²) < 4.78 is 10.8. The number of carbonyl (C=O) groups excluding carboxylic acids is 1. The molecule has 0 radical (unpaired) electrons. The highest BCUT2D eigenvalue weighted by molar-refractivity contribution is 5.95. The second kappa shape index (κ2) is 9.58. The molecule has 164 valence electrons. The molecule has 0 saturated heterocycles. The summed E-state index contributed by atoms with van der Waals surface area (Å²) in [5.41, 5.74) is 4.41. The lowest BCUT2D eigenvalue weighted by molar-refractivity contribution is 0.0916. The molecule has 4 rings (SSSR count). The zero-order valence-corrected chi connectivity index (χ0v) is 18.1. The SMILES string of the molecule is COc1ccc(OC)c(-c2ccc(C(=O)N[C@@H](CO)Cc3c[nH]c4ccccc34)cc2)c1. The minimum absolute atomic E-state index is 0.148. The number of nitrogens with one attached hydrogen (secondary N) is 2. The molecule has 0 fully saturated rings. The summed E-state index contributed by atoms with van der Waals surface area (Å²) in [7, 11) is 3.24. The maximum absolute atomic E-state index is 12.8. The number of amides is 1. The molecule has 0 aliphatic carbocycles. The van der Waals surface area contributed by atoms with Gasteiger partial charge in [0.15, 0.2) is 0 Å². The zero-order chi connectivity index (χ0) is 22.5. The fraction of sp³-hybridized carbons (Fsp3) is 0.192. The van der Waals surface area contributed by atoms with E-state index in [1.54, 1.807) is 26.4 Å². The predicted molar refractivity (Wildman–Crippen MR) is 125 cm³/mol. The van der Waals surface area contributed by atoms with Gasteiger partial charge in [-0.3, -0.25) is 4.79 Å². The van der Waals surface area contributed by atoms with E-state index in [1.807, 2.05) is 60.8 Å². The highest BCUT2D eigenvalue weighted by atomic mass is 16.5. The average molecular weight is 431 g/mol. The Morgan fingerprint density at radius 2 is 1.81 bits per heavy atom. The Morgan fingerprint density at radius 3 is 2.53 bits per heavy atom. The van der Waals surface area contributed by atoms with Gasteiger partial charge < -0.3 is 24.9 Å². The van der Waals surface area contributed by atoms with Crippen LogP contribution in [-0.4, -0.2) is 42.9 Å². The van der Waals surface area contributed by atoms with Crippen LogP contribution in [0.15, 0.2) is 72.9 Å². The van der Waals surface area contributed by atoms with Gasteiger partial charge >= 0.3 is 0 Å². The van der Waals surface area contributed by atoms with Crippen molar-refractivity contribution in [2.75, 3.05) is 20.8 Å². The Hall–Kier alpha value is -3.77. The molecule has 0 aliphatic heterocycles. The number of H-pyrrole nitrogens is 1. The summed E-state index contributed by atoms with van der Waals surface area (Å²) >= 11 is 0. The zero-order valence-electron chi connectivity index (χ0n) is 18.1. The van der Waals surface area contributed by atoms with E-state index in [0.29, 0.717) is 12.0 Å². The van der Waals surface area contributed by atoms with Gasteiger partial charge in [-0.15, -0.1) is 0 Å². The third-order valence-corrected chi connectivity index (χ3v) is 5.56. The molecule has 3 N–H and O–H groups in total. The van der Waals surface area contributed by atoms with Crippen molar-refractivity contribution in [3.63, 3.8) is 0 Å². The third-order valence-electron chi connectivity index (χ3n) is 5.56. The van der Waals surface area contributed by atoms with Gasteiger partial charge in [0.2, 0.25) is 0 Å². The number of fused-ring (bicyclic) bond motifs is 1. The molecule has 6 heteroatoms. The van der Waals surface area contributed by atoms with Gasteiger partial charge in [0.1, 0.15) is 11.5 Å². The summed E-state index contributed by atoms with van der Waals surface area (Å²) in [4.78, 5) is 16.0. The van der Waals surface area contributed by atoms with Gasteiger partial charge in [-0.25, -0.2) is 0 Å². The van der Waals surface area contributed by atoms with Crippen LogP contribution in [0.1, 0.15) is 15.9 Å². The molecule has 0 spiro atoms. The molecule has 0 bridgehead atoms. The van der Waals surface area contributed by atoms with E-state index in [2.05, 4.69) is 10.3 Å². The van der Waals surface area contributed by atoms with E-state index in [4.69, 9.17) is 9.47 Å². The second-order valence-electron chi connectivity index (χ2n) is 7.56. The Kier molecular flexibility index (Phi) is 6.42. The quantitative estimate of drug-likeness (QED) is 0.392. The molecule has 6 nitrogen and oxygen atoms in total. The monoisotopic (exact) mass is 430 g/mol. The molecular weight excluding hydrogens is 404 g/mol. The number of methoxy groups -OCH3 is 2. The molecule has 0 aliphatic rings. The summed E-state index contributed by atoms with van der Waals surface area (Å²) in [6, 6.07) is 20.5. The minimum Gasteiger partial charge on any atom is -0.497 e. The van der Waals surface area contributed by atoms with E-state index >= 15 is 0 Å². The van der Waals surface area contributed by atoms with Crippen LogP contribution in [0.5, 0.6) is 11.5 Å². The molecule has 1 heterocycles. The Bertz CT molecular complexity index is 1210. The number of benzene rings is 3. The number of para-hydroxylation sites is 1. The number of aliphatic hydroxyl groups excluding tert-OH is 1. The lowest BCUT2D eigenvalue weighted by atomic mass is 10.0. The number of hydrogen-bond acceptors (Lipinski definition) is 4. The van der Waals surface area contributed by atoms with E-state index < -0.39 is 0 Å². The highest BCUT2D eigenvalue weighted by Crippen LogP contribution is 2.33. The molecule has 1 aromatic heterocycles. The van der Waals surface area contributed by atoms with Gasteiger partial charge in [0.25, 0.3) is 5.91 Å². The van der Waals surface area contributed by atoms with Crippen LogP contribution >= 0.6 is 0 Å². The number of carbonyl (C=O) groups is 1. The van der Waals surface area contributed by atoms with Crippen LogP contribution in [0.4, 0.5) is 0 Å². The van der Waals surface area contributed by atoms with Crippen molar-refractivity contribution >= 4 is 16.8 Å². The molecule has 0 unspecified atom stereocenters. The molecule has 32 heavy (non-hydrogen) atoms. The van der Waals surface area contributed by atoms with Gasteiger partial charge in [-0.2, -0.15) is 0 Å². The van der Waals surface area contributed by atoms with Crippen molar-refractivity contribution in [1.82, 2.24) is 10.3 Å². The molecule has 1 atom stereocenters. The molecule has 4 aromatic rings. The third kappa shape index (κ3) is 4.45. The Balaban J connectivity index is 1.49. The number of aliphatic hydroxyl groups is 1. The first-order valence-corrected chi connectivity index (χ1v) is 10.4. The molecular formula is C26H26N2O4. The number of aromatic amines is 1. The first-order valence-electron chi connectivity index (χ1n) is 10.4. The van der Waals surface area contributed by atoms with Crippen LogP contribution in [0.25, 0.3) is 22.0 Å². The summed E-state index contributed by atoms with van der Waals surface area (Å²) in [6.07, 6.45) is 2.46. The van der Waals surface area contributed by atoms with Gasteiger partial charge in [0, 0.05) is 28.2 Å². The maximum atomic E-state index is 12.8. The van der Waals surface area contributed by atoms with Crippen LogP contribution in [-0.2, 0) is 6.42 Å². The van der Waals surface area contributed by atoms with Crippen LogP contribution in [0, 0.1) is 0 Å². The van der Waals surface area contributed by atoms with Crippen molar-refractivity contribution in [3.05, 3.63) is 84.1 Å². The van der Waals surface area contributed by atoms with E-state index in [0.717, 1.165) is 39.1 Å². The summed E-state index contributed by atoms with van der Waals surface area (Å²) in [5.74, 6) is 1.22. The first-order chi connectivity index (χ1) is 15.6. The lowest BCUT2D eigenvalue weighted by Crippen LogP contribution is -2.39. The summed E-state index contributed by atoms with van der Waals surface area (Å²) in [6.45, 7) is -0.148. The molecule has 3 aromatic carbocycles. The predicted octanol–water partition coefficient (Wildman–Crippen LogP) is 4.19. The maximum Gasteiger partial charge on any atom is 0.251 e. The van der Waals surface area contributed by atoms with Crippen molar-refractivity contribution in [1.29, 1.82) is 0 Å². The standard InChI is InChI=1S/C26H26N2O4/c1-31-21-11-12-25(32-2)23(14-21)17-7-9-18(10-8-17)26(30)28-20(16-29)13-19-15-27-24-6-4-3-5-22(19)24/h3-12,14-15,20,27,29H,13,16H2,1-2H3,(H,28,30)/t20-/m1/s1. The van der Waals surface area contributed by atoms with Gasteiger partial charge in [0.05, 0.1) is 26.9 Å². The van der Waals surface area contributed by atoms with Crippen LogP contribution in [0.2, 0.25) is 0 Å². The minimum atomic E-state index is -0.389. The van der Waals surface area contributed by atoms with E-state index in [1.165, 1.54) is 0 Å². The van der Waals surface area contributed by atoms with Gasteiger partial charge in [-0.05, 0) is 53.9 Å². The molecule has 1 amide bonds. The van der Waals surface area contributed by atoms with Crippen LogP contribution < -0.4 is 14.8 Å². The first kappa shape index (κ1) is 21.5. The normalized spacial score (nSPS) is 11.8. The second-order valence-corrected chi connectivity index (χ2v) is 7.56. The average Bonchev–Trinajstić information content (AvgIpc) is 3.26. The van der Waals surface area contributed by atoms with Crippen molar-refractivity contribution in [2.24, 2.45) is 0 Å². The van der Waals surface area contributed by atoms with Crippen molar-refractivity contribution in [3.8, 4) is 22.6 Å². The van der Waals surface area contributed by atoms with E-state index in [-0.39, 0.29) is 18.6 Å².